The monoisotopic (exact) mass is 469 g/mol. The zero-order chi connectivity index (χ0) is 21.1. The van der Waals surface area contributed by atoms with Crippen LogP contribution in [0.25, 0.3) is 10.2 Å². The van der Waals surface area contributed by atoms with Gasteiger partial charge < -0.3 is 25.0 Å². The number of nitrogens with two attached hydrogens (primary N) is 1. The quantitative estimate of drug-likeness (QED) is 0.395. The van der Waals surface area contributed by atoms with Crippen molar-refractivity contribution in [3.63, 3.8) is 0 Å². The zero-order valence-corrected chi connectivity index (χ0v) is 19.0. The van der Waals surface area contributed by atoms with Crippen LogP contribution >= 0.6 is 34.9 Å². The number of hydrogen-bond donors (Lipinski definition) is 1. The van der Waals surface area contributed by atoms with E-state index < -0.39 is 0 Å². The van der Waals surface area contributed by atoms with Crippen LogP contribution in [0.4, 0.5) is 5.69 Å². The van der Waals surface area contributed by atoms with E-state index in [9.17, 15) is 9.59 Å². The molecule has 2 aliphatic heterocycles. The van der Waals surface area contributed by atoms with E-state index in [4.69, 9.17) is 15.2 Å². The minimum atomic E-state index is -0.0949. The van der Waals surface area contributed by atoms with Crippen LogP contribution in [0.1, 0.15) is 9.67 Å². The highest BCUT2D eigenvalue weighted by Crippen LogP contribution is 2.39. The van der Waals surface area contributed by atoms with Crippen LogP contribution in [0.2, 0.25) is 0 Å². The number of morpholine rings is 2. The molecule has 0 saturated carbocycles. The molecule has 4 heterocycles. The number of rotatable bonds is 5. The van der Waals surface area contributed by atoms with E-state index >= 15 is 0 Å². The number of nitrogens with zero attached hydrogens (tertiary/aromatic N) is 4. The van der Waals surface area contributed by atoms with Crippen molar-refractivity contribution in [1.29, 1.82) is 0 Å². The lowest BCUT2D eigenvalue weighted by molar-refractivity contribution is -0.132. The number of ether oxygens (including phenoxy) is 2. The molecule has 9 nitrogen and oxygen atoms in total. The molecule has 0 unspecified atom stereocenters. The second-order valence-electron chi connectivity index (χ2n) is 6.73. The van der Waals surface area contributed by atoms with E-state index in [2.05, 4.69) is 9.97 Å². The number of thiophene rings is 1. The minimum absolute atomic E-state index is 0.0478. The van der Waals surface area contributed by atoms with Crippen LogP contribution in [0, 0.1) is 0 Å². The Balaban J connectivity index is 1.55. The van der Waals surface area contributed by atoms with Gasteiger partial charge >= 0.3 is 0 Å². The molecule has 2 aliphatic rings. The molecule has 2 saturated heterocycles. The number of anilines is 1. The van der Waals surface area contributed by atoms with Crippen LogP contribution < -0.4 is 5.73 Å². The summed E-state index contributed by atoms with van der Waals surface area (Å²) in [5.41, 5.74) is 6.78. The first-order valence-electron chi connectivity index (χ1n) is 9.58. The number of hydrogen-bond acceptors (Lipinski definition) is 10. The maximum atomic E-state index is 12.9. The number of amides is 2. The second kappa shape index (κ2) is 9.69. The van der Waals surface area contributed by atoms with Gasteiger partial charge in [0, 0.05) is 26.2 Å². The Bertz CT molecular complexity index is 942. The van der Waals surface area contributed by atoms with Crippen molar-refractivity contribution in [2.24, 2.45) is 0 Å². The molecule has 4 rings (SSSR count). The average molecular weight is 470 g/mol. The number of nitrogen functional groups attached to an aromatic ring is 1. The number of carbonyl (C=O) groups is 2. The molecule has 12 heteroatoms. The Hall–Kier alpha value is -1.60. The zero-order valence-electron chi connectivity index (χ0n) is 16.6. The average Bonchev–Trinajstić information content (AvgIpc) is 3.14. The maximum absolute atomic E-state index is 12.9. The summed E-state index contributed by atoms with van der Waals surface area (Å²) in [6, 6.07) is 0. The van der Waals surface area contributed by atoms with Crippen molar-refractivity contribution in [3.05, 3.63) is 4.88 Å². The van der Waals surface area contributed by atoms with Crippen LogP contribution in [0.15, 0.2) is 10.2 Å². The van der Waals surface area contributed by atoms with E-state index in [0.29, 0.717) is 78.5 Å². The third kappa shape index (κ3) is 4.52. The van der Waals surface area contributed by atoms with Gasteiger partial charge in [0.2, 0.25) is 5.91 Å². The van der Waals surface area contributed by atoms with E-state index in [-0.39, 0.29) is 17.6 Å². The molecule has 0 aliphatic carbocycles. The topological polar surface area (TPSA) is 111 Å². The first-order chi connectivity index (χ1) is 14.6. The normalized spacial score (nSPS) is 17.5. The predicted octanol–water partition coefficient (Wildman–Crippen LogP) is 1.42. The van der Waals surface area contributed by atoms with Gasteiger partial charge in [-0.2, -0.15) is 0 Å². The molecule has 0 radical (unpaired) electrons. The number of aromatic nitrogens is 2. The summed E-state index contributed by atoms with van der Waals surface area (Å²) in [6.45, 7) is 4.55. The number of thioether (sulfide) groups is 2. The molecular weight excluding hydrogens is 446 g/mol. The molecule has 162 valence electrons. The van der Waals surface area contributed by atoms with Gasteiger partial charge in [-0.15, -0.1) is 23.1 Å². The van der Waals surface area contributed by atoms with E-state index in [1.54, 1.807) is 9.80 Å². The van der Waals surface area contributed by atoms with Gasteiger partial charge in [-0.1, -0.05) is 11.8 Å². The Kier molecular flexibility index (Phi) is 6.98. The third-order valence-corrected chi connectivity index (χ3v) is 7.51. The highest BCUT2D eigenvalue weighted by Gasteiger charge is 2.26. The molecule has 2 aromatic rings. The van der Waals surface area contributed by atoms with E-state index in [1.165, 1.54) is 34.9 Å². The standard InChI is InChI=1S/C18H23N5O4S3/c1-28-15-12-13(19)14(17(25)23-4-8-27-9-5-23)30-16(12)21-18(20-15)29-10-11(24)22-2-6-26-7-3-22/h2-10,19H2,1H3. The first-order valence-corrected chi connectivity index (χ1v) is 12.6. The molecule has 0 spiro atoms. The Morgan fingerprint density at radius 1 is 1.07 bits per heavy atom. The third-order valence-electron chi connectivity index (χ3n) is 4.91. The molecule has 30 heavy (non-hydrogen) atoms. The van der Waals surface area contributed by atoms with Gasteiger partial charge in [-0.25, -0.2) is 9.97 Å². The Labute approximate surface area is 186 Å². The summed E-state index contributed by atoms with van der Waals surface area (Å²) >= 11 is 4.04. The Morgan fingerprint density at radius 3 is 2.33 bits per heavy atom. The van der Waals surface area contributed by atoms with Gasteiger partial charge in [0.15, 0.2) is 5.16 Å². The predicted molar refractivity (Wildman–Crippen MR) is 118 cm³/mol. The van der Waals surface area contributed by atoms with Crippen LogP contribution in [0.3, 0.4) is 0 Å². The lowest BCUT2D eigenvalue weighted by Gasteiger charge is -2.26. The highest BCUT2D eigenvalue weighted by molar-refractivity contribution is 8.00. The molecule has 0 aromatic carbocycles. The van der Waals surface area contributed by atoms with Gasteiger partial charge in [-0.05, 0) is 6.26 Å². The van der Waals surface area contributed by atoms with Gasteiger partial charge in [0.25, 0.3) is 5.91 Å². The molecule has 0 bridgehead atoms. The fourth-order valence-electron chi connectivity index (χ4n) is 3.28. The van der Waals surface area contributed by atoms with E-state index in [1.807, 2.05) is 6.26 Å². The summed E-state index contributed by atoms with van der Waals surface area (Å²) < 4.78 is 10.6. The molecule has 2 aromatic heterocycles. The lowest BCUT2D eigenvalue weighted by Crippen LogP contribution is -2.41. The fraction of sp³-hybridized carbons (Fsp3) is 0.556. The number of carbonyl (C=O) groups excluding carboxylic acids is 2. The van der Waals surface area contributed by atoms with Gasteiger partial charge in [0.05, 0.1) is 43.3 Å². The molecule has 2 N–H and O–H groups in total. The van der Waals surface area contributed by atoms with Gasteiger partial charge in [0.1, 0.15) is 14.7 Å². The lowest BCUT2D eigenvalue weighted by atomic mass is 10.2. The van der Waals surface area contributed by atoms with Crippen molar-refractivity contribution in [2.75, 3.05) is 70.3 Å². The summed E-state index contributed by atoms with van der Waals surface area (Å²) in [5.74, 6) is 0.217. The van der Waals surface area contributed by atoms with E-state index in [0.717, 1.165) is 5.03 Å². The van der Waals surface area contributed by atoms with Gasteiger partial charge in [-0.3, -0.25) is 9.59 Å². The Morgan fingerprint density at radius 2 is 1.70 bits per heavy atom. The maximum Gasteiger partial charge on any atom is 0.266 e. The van der Waals surface area contributed by atoms with Crippen LogP contribution in [-0.2, 0) is 14.3 Å². The summed E-state index contributed by atoms with van der Waals surface area (Å²) in [5, 5.41) is 1.95. The summed E-state index contributed by atoms with van der Waals surface area (Å²) in [4.78, 5) is 39.3. The fourth-order valence-corrected chi connectivity index (χ4v) is 5.86. The van der Waals surface area contributed by atoms with Crippen molar-refractivity contribution in [3.8, 4) is 0 Å². The van der Waals surface area contributed by atoms with Crippen molar-refractivity contribution >= 4 is 62.6 Å². The molecular formula is C18H23N5O4S3. The number of fused-ring (bicyclic) bond motifs is 1. The van der Waals surface area contributed by atoms with Crippen LogP contribution in [0.5, 0.6) is 0 Å². The SMILES string of the molecule is CSc1nc(SCC(=O)N2CCOCC2)nc2sc(C(=O)N3CCOCC3)c(N)c12. The largest absolute Gasteiger partial charge is 0.397 e. The van der Waals surface area contributed by atoms with Crippen molar-refractivity contribution in [1.82, 2.24) is 19.8 Å². The smallest absolute Gasteiger partial charge is 0.266 e. The van der Waals surface area contributed by atoms with Crippen LogP contribution in [-0.4, -0.2) is 96.2 Å². The molecule has 0 atom stereocenters. The first kappa shape index (κ1) is 21.6. The minimum Gasteiger partial charge on any atom is -0.397 e. The van der Waals surface area contributed by atoms with Crippen molar-refractivity contribution < 1.29 is 19.1 Å². The van der Waals surface area contributed by atoms with Crippen molar-refractivity contribution in [2.45, 2.75) is 10.2 Å². The summed E-state index contributed by atoms with van der Waals surface area (Å²) in [7, 11) is 0. The summed E-state index contributed by atoms with van der Waals surface area (Å²) in [6.07, 6.45) is 1.91. The second-order valence-corrected chi connectivity index (χ2v) is 9.46. The molecule has 2 fully saturated rings. The highest BCUT2D eigenvalue weighted by atomic mass is 32.2. The molecule has 2 amide bonds.